The van der Waals surface area contributed by atoms with E-state index in [2.05, 4.69) is 18.0 Å². The third-order valence-corrected chi connectivity index (χ3v) is 4.49. The number of rotatable bonds is 7. The maximum absolute atomic E-state index is 11.7. The molecule has 0 spiro atoms. The van der Waals surface area contributed by atoms with Gasteiger partial charge in [0.05, 0.1) is 17.7 Å². The first-order valence-electron chi connectivity index (χ1n) is 9.06. The van der Waals surface area contributed by atoms with E-state index in [0.29, 0.717) is 11.5 Å². The van der Waals surface area contributed by atoms with E-state index in [4.69, 9.17) is 11.0 Å². The lowest BCUT2D eigenvalue weighted by Gasteiger charge is -2.22. The third-order valence-electron chi connectivity index (χ3n) is 4.49. The monoisotopic (exact) mass is 362 g/mol. The first-order chi connectivity index (χ1) is 13.0. The largest absolute Gasteiger partial charge is 0.370 e. The van der Waals surface area contributed by atoms with Crippen LogP contribution in [0.25, 0.3) is 11.1 Å². The minimum absolute atomic E-state index is 0.241. The Hall–Kier alpha value is -3.13. The molecule has 0 fully saturated rings. The van der Waals surface area contributed by atoms with E-state index >= 15 is 0 Å². The number of aldehydes is 1. The molecule has 0 saturated heterocycles. The van der Waals surface area contributed by atoms with Crippen molar-refractivity contribution in [3.8, 4) is 17.2 Å². The van der Waals surface area contributed by atoms with Crippen molar-refractivity contribution < 1.29 is 4.79 Å². The number of nitriles is 1. The molecule has 2 atom stereocenters. The molecule has 0 bridgehead atoms. The second kappa shape index (κ2) is 9.54. The quantitative estimate of drug-likeness (QED) is 0.462. The highest BCUT2D eigenvalue weighted by atomic mass is 16.1. The summed E-state index contributed by atoms with van der Waals surface area (Å²) in [6.45, 7) is 2.05. The van der Waals surface area contributed by atoms with Crippen LogP contribution >= 0.6 is 0 Å². The first-order valence-corrected chi connectivity index (χ1v) is 9.06. The zero-order chi connectivity index (χ0) is 19.8. The van der Waals surface area contributed by atoms with Gasteiger partial charge in [0.25, 0.3) is 0 Å². The van der Waals surface area contributed by atoms with Crippen molar-refractivity contribution in [2.45, 2.75) is 25.8 Å². The number of guanidine groups is 1. The Bertz CT molecular complexity index is 851. The number of aliphatic imine (C=N–C) groups is 1. The van der Waals surface area contributed by atoms with Gasteiger partial charge in [-0.25, -0.2) is 4.99 Å². The number of carbonyl (C=O) groups is 1. The molecule has 0 saturated carbocycles. The van der Waals surface area contributed by atoms with Gasteiger partial charge in [-0.2, -0.15) is 5.26 Å². The van der Waals surface area contributed by atoms with Crippen LogP contribution in [0.3, 0.4) is 0 Å². The summed E-state index contributed by atoms with van der Waals surface area (Å²) < 4.78 is 0. The lowest BCUT2D eigenvalue weighted by Crippen LogP contribution is -2.32. The summed E-state index contributed by atoms with van der Waals surface area (Å²) in [7, 11) is 3.66. The van der Waals surface area contributed by atoms with Crippen molar-refractivity contribution in [3.05, 3.63) is 59.7 Å². The smallest absolute Gasteiger partial charge is 0.191 e. The van der Waals surface area contributed by atoms with Gasteiger partial charge in [-0.1, -0.05) is 43.7 Å². The Morgan fingerprint density at radius 2 is 1.89 bits per heavy atom. The number of carbonyl (C=O) groups excluding carboxylic acids is 1. The van der Waals surface area contributed by atoms with Crippen LogP contribution in [0, 0.1) is 17.2 Å². The molecule has 2 N–H and O–H groups in total. The highest BCUT2D eigenvalue weighted by Gasteiger charge is 2.23. The molecule has 2 aromatic carbocycles. The Balaban J connectivity index is 2.51. The molecule has 2 unspecified atom stereocenters. The molecule has 0 aliphatic heterocycles. The lowest BCUT2D eigenvalue weighted by atomic mass is 9.89. The molecule has 2 rings (SSSR count). The van der Waals surface area contributed by atoms with Crippen molar-refractivity contribution in [1.29, 1.82) is 5.26 Å². The van der Waals surface area contributed by atoms with Gasteiger partial charge in [-0.15, -0.1) is 0 Å². The van der Waals surface area contributed by atoms with Crippen LogP contribution in [0.1, 0.15) is 36.9 Å². The predicted molar refractivity (Wildman–Crippen MR) is 109 cm³/mol. The highest BCUT2D eigenvalue weighted by molar-refractivity contribution is 5.78. The van der Waals surface area contributed by atoms with E-state index in [1.807, 2.05) is 56.6 Å². The Morgan fingerprint density at radius 1 is 1.22 bits per heavy atom. The van der Waals surface area contributed by atoms with Crippen LogP contribution in [0.15, 0.2) is 53.5 Å². The van der Waals surface area contributed by atoms with Crippen LogP contribution in [0.2, 0.25) is 0 Å². The molecule has 140 valence electrons. The van der Waals surface area contributed by atoms with Crippen molar-refractivity contribution in [2.75, 3.05) is 14.1 Å². The van der Waals surface area contributed by atoms with Gasteiger partial charge in [0, 0.05) is 20.0 Å². The van der Waals surface area contributed by atoms with Gasteiger partial charge in [-0.3, -0.25) is 0 Å². The van der Waals surface area contributed by atoms with Gasteiger partial charge in [-0.05, 0) is 41.3 Å². The van der Waals surface area contributed by atoms with Crippen molar-refractivity contribution in [2.24, 2.45) is 16.6 Å². The minimum atomic E-state index is -0.344. The van der Waals surface area contributed by atoms with Crippen LogP contribution < -0.4 is 5.73 Å². The van der Waals surface area contributed by atoms with Gasteiger partial charge >= 0.3 is 0 Å². The second-order valence-electron chi connectivity index (χ2n) is 6.73. The number of nitrogens with two attached hydrogens (primary N) is 1. The van der Waals surface area contributed by atoms with E-state index in [0.717, 1.165) is 35.8 Å². The van der Waals surface area contributed by atoms with E-state index < -0.39 is 0 Å². The topological polar surface area (TPSA) is 82.5 Å². The number of hydrogen-bond acceptors (Lipinski definition) is 3. The fourth-order valence-corrected chi connectivity index (χ4v) is 2.98. The zero-order valence-electron chi connectivity index (χ0n) is 16.1. The van der Waals surface area contributed by atoms with E-state index in [-0.39, 0.29) is 12.0 Å². The van der Waals surface area contributed by atoms with Crippen LogP contribution in [-0.2, 0) is 4.79 Å². The molecule has 0 aliphatic carbocycles. The Morgan fingerprint density at radius 3 is 2.48 bits per heavy atom. The molecule has 0 heterocycles. The molecule has 0 aromatic heterocycles. The summed E-state index contributed by atoms with van der Waals surface area (Å²) in [5, 5.41) is 9.14. The van der Waals surface area contributed by atoms with Crippen molar-refractivity contribution in [1.82, 2.24) is 4.90 Å². The number of hydrogen-bond donors (Lipinski definition) is 1. The average Bonchev–Trinajstić information content (AvgIpc) is 2.70. The Kier molecular flexibility index (Phi) is 7.13. The van der Waals surface area contributed by atoms with Gasteiger partial charge in [0.2, 0.25) is 0 Å². The molecule has 0 radical (unpaired) electrons. The van der Waals surface area contributed by atoms with Gasteiger partial charge in [0.1, 0.15) is 6.29 Å². The lowest BCUT2D eigenvalue weighted by molar-refractivity contribution is -0.111. The van der Waals surface area contributed by atoms with Gasteiger partial charge in [0.15, 0.2) is 5.96 Å². The average molecular weight is 362 g/mol. The maximum Gasteiger partial charge on any atom is 0.191 e. The summed E-state index contributed by atoms with van der Waals surface area (Å²) in [4.78, 5) is 18.1. The normalized spacial score (nSPS) is 13.5. The molecular weight excluding hydrogens is 336 g/mol. The SMILES string of the molecule is CCCC(C=O)C(N=C(N)N(C)C)c1cccc(-c2cccc(C#N)c2)c1. The molecule has 5 nitrogen and oxygen atoms in total. The zero-order valence-corrected chi connectivity index (χ0v) is 16.1. The number of nitrogens with zero attached hydrogens (tertiary/aromatic N) is 3. The van der Waals surface area contributed by atoms with E-state index in [1.54, 1.807) is 11.0 Å². The van der Waals surface area contributed by atoms with Crippen molar-refractivity contribution in [3.63, 3.8) is 0 Å². The first kappa shape index (κ1) is 20.2. The summed E-state index contributed by atoms with van der Waals surface area (Å²) in [6, 6.07) is 17.2. The summed E-state index contributed by atoms with van der Waals surface area (Å²) >= 11 is 0. The second-order valence-corrected chi connectivity index (χ2v) is 6.73. The van der Waals surface area contributed by atoms with Crippen LogP contribution in [-0.4, -0.2) is 31.2 Å². The fourth-order valence-electron chi connectivity index (χ4n) is 2.98. The molecule has 27 heavy (non-hydrogen) atoms. The van der Waals surface area contributed by atoms with E-state index in [9.17, 15) is 4.79 Å². The predicted octanol–water partition coefficient (Wildman–Crippen LogP) is 3.76. The minimum Gasteiger partial charge on any atom is -0.370 e. The summed E-state index contributed by atoms with van der Waals surface area (Å²) in [6.07, 6.45) is 2.61. The van der Waals surface area contributed by atoms with Gasteiger partial charge < -0.3 is 15.4 Å². The van der Waals surface area contributed by atoms with Crippen LogP contribution in [0.4, 0.5) is 0 Å². The van der Waals surface area contributed by atoms with E-state index in [1.165, 1.54) is 0 Å². The fraction of sp³-hybridized carbons (Fsp3) is 0.318. The molecule has 5 heteroatoms. The summed E-state index contributed by atoms with van der Waals surface area (Å²) in [5.74, 6) is 0.147. The number of benzene rings is 2. The summed E-state index contributed by atoms with van der Waals surface area (Å²) in [5.41, 5.74) is 9.54. The molecule has 0 aliphatic rings. The van der Waals surface area contributed by atoms with Crippen molar-refractivity contribution >= 4 is 12.2 Å². The maximum atomic E-state index is 11.7. The molecule has 0 amide bonds. The molecular formula is C22H26N4O. The third kappa shape index (κ3) is 5.18. The molecule has 2 aromatic rings. The van der Waals surface area contributed by atoms with Crippen LogP contribution in [0.5, 0.6) is 0 Å². The Labute approximate surface area is 161 Å². The standard InChI is InChI=1S/C22H26N4O/c1-4-7-20(15-27)21(25-22(24)26(2)3)19-11-6-10-18(13-19)17-9-5-8-16(12-17)14-23/h5-6,8-13,15,20-21H,4,7H2,1-3H3,(H2,24,25). The highest BCUT2D eigenvalue weighted by Crippen LogP contribution is 2.31.